The van der Waals surface area contributed by atoms with Crippen molar-refractivity contribution in [1.29, 1.82) is 0 Å². The summed E-state index contributed by atoms with van der Waals surface area (Å²) in [6.07, 6.45) is 8.22. The first-order valence-electron chi connectivity index (χ1n) is 6.04. The number of benzene rings is 1. The minimum Gasteiger partial charge on any atom is -0.391 e. The third-order valence-corrected chi connectivity index (χ3v) is 2.85. The van der Waals surface area contributed by atoms with Gasteiger partial charge >= 0.3 is 0 Å². The highest BCUT2D eigenvalue weighted by Crippen LogP contribution is 2.15. The average Bonchev–Trinajstić information content (AvgIpc) is 2.40. The molecule has 0 saturated heterocycles. The van der Waals surface area contributed by atoms with Crippen LogP contribution >= 0.6 is 0 Å². The van der Waals surface area contributed by atoms with Crippen LogP contribution in [0, 0.1) is 11.6 Å². The van der Waals surface area contributed by atoms with E-state index in [9.17, 15) is 8.78 Å². The molecular weight excluding hydrogens is 236 g/mol. The molecule has 2 nitrogen and oxygen atoms in total. The average molecular weight is 251 g/mol. The smallest absolute Gasteiger partial charge is 0.145 e. The largest absolute Gasteiger partial charge is 0.391 e. The van der Waals surface area contributed by atoms with Crippen molar-refractivity contribution >= 4 is 6.21 Å². The van der Waals surface area contributed by atoms with Crippen molar-refractivity contribution < 1.29 is 13.6 Å². The molecule has 1 aromatic rings. The van der Waals surface area contributed by atoms with Crippen LogP contribution in [0.15, 0.2) is 35.0 Å². The minimum atomic E-state index is -0.483. The zero-order valence-corrected chi connectivity index (χ0v) is 10.0. The summed E-state index contributed by atoms with van der Waals surface area (Å²) in [5.74, 6) is -0.961. The van der Waals surface area contributed by atoms with Gasteiger partial charge in [-0.1, -0.05) is 11.2 Å². The van der Waals surface area contributed by atoms with Crippen molar-refractivity contribution in [3.63, 3.8) is 0 Å². The molecule has 2 rings (SSSR count). The van der Waals surface area contributed by atoms with E-state index in [-0.39, 0.29) is 12.2 Å². The van der Waals surface area contributed by atoms with Gasteiger partial charge in [0.1, 0.15) is 18.2 Å². The van der Waals surface area contributed by atoms with Gasteiger partial charge in [0.25, 0.3) is 0 Å². The van der Waals surface area contributed by atoms with E-state index in [0.717, 1.165) is 43.0 Å². The first-order valence-corrected chi connectivity index (χ1v) is 6.04. The summed E-state index contributed by atoms with van der Waals surface area (Å²) >= 11 is 0. The van der Waals surface area contributed by atoms with Crippen LogP contribution in [0.5, 0.6) is 0 Å². The van der Waals surface area contributed by atoms with Gasteiger partial charge in [-0.2, -0.15) is 0 Å². The molecule has 1 aliphatic rings. The van der Waals surface area contributed by atoms with E-state index >= 15 is 0 Å². The van der Waals surface area contributed by atoms with Crippen molar-refractivity contribution in [2.45, 2.75) is 32.3 Å². The van der Waals surface area contributed by atoms with E-state index in [1.54, 1.807) is 6.21 Å². The normalized spacial score (nSPS) is 15.8. The topological polar surface area (TPSA) is 21.6 Å². The highest BCUT2D eigenvalue weighted by Gasteiger charge is 2.04. The Morgan fingerprint density at radius 1 is 1.28 bits per heavy atom. The van der Waals surface area contributed by atoms with Gasteiger partial charge in [0.15, 0.2) is 0 Å². The molecule has 0 amide bonds. The van der Waals surface area contributed by atoms with Gasteiger partial charge in [-0.15, -0.1) is 0 Å². The third-order valence-electron chi connectivity index (χ3n) is 2.85. The Bertz CT molecular complexity index is 469. The van der Waals surface area contributed by atoms with Gasteiger partial charge in [-0.3, -0.25) is 0 Å². The van der Waals surface area contributed by atoms with Crippen molar-refractivity contribution in [3.8, 4) is 0 Å². The van der Waals surface area contributed by atoms with Crippen LogP contribution in [0.2, 0.25) is 0 Å². The van der Waals surface area contributed by atoms with E-state index in [1.165, 1.54) is 6.42 Å². The molecule has 18 heavy (non-hydrogen) atoms. The standard InChI is InChI=1S/C14H15F2NO/c15-13-6-7-14(16)12(8-13)10-18-17-9-11-4-2-1-3-5-11/h4,6-9H,1-3,5,10H2. The Hall–Kier alpha value is -1.71. The van der Waals surface area contributed by atoms with Gasteiger partial charge in [0.2, 0.25) is 0 Å². The first kappa shape index (κ1) is 12.7. The molecule has 1 aromatic carbocycles. The highest BCUT2D eigenvalue weighted by atomic mass is 19.1. The molecule has 0 aromatic heterocycles. The van der Waals surface area contributed by atoms with Crippen LogP contribution in [0.1, 0.15) is 31.2 Å². The molecule has 0 fully saturated rings. The maximum Gasteiger partial charge on any atom is 0.145 e. The van der Waals surface area contributed by atoms with E-state index in [1.807, 2.05) is 0 Å². The first-order chi connectivity index (χ1) is 8.75. The Morgan fingerprint density at radius 3 is 2.94 bits per heavy atom. The molecule has 0 N–H and O–H groups in total. The van der Waals surface area contributed by atoms with Gasteiger partial charge in [0.05, 0.1) is 6.21 Å². The lowest BCUT2D eigenvalue weighted by Gasteiger charge is -2.07. The van der Waals surface area contributed by atoms with E-state index < -0.39 is 11.6 Å². The van der Waals surface area contributed by atoms with Crippen LogP contribution in [0.3, 0.4) is 0 Å². The maximum atomic E-state index is 13.2. The fraction of sp³-hybridized carbons (Fsp3) is 0.357. The van der Waals surface area contributed by atoms with Crippen molar-refractivity contribution in [2.75, 3.05) is 0 Å². The molecule has 0 unspecified atom stereocenters. The molecule has 96 valence electrons. The third kappa shape index (κ3) is 3.65. The SMILES string of the molecule is Fc1ccc(F)c(CON=CC2=CCCCC2)c1. The number of hydrogen-bond donors (Lipinski definition) is 0. The van der Waals surface area contributed by atoms with Crippen LogP contribution < -0.4 is 0 Å². The lowest BCUT2D eigenvalue weighted by molar-refractivity contribution is 0.129. The van der Waals surface area contributed by atoms with Crippen LogP contribution in [-0.2, 0) is 11.4 Å². The Kier molecular flexibility index (Phi) is 4.45. The number of allylic oxidation sites excluding steroid dienone is 2. The lowest BCUT2D eigenvalue weighted by atomic mass is 10.0. The molecule has 0 atom stereocenters. The molecule has 0 bridgehead atoms. The second-order valence-corrected chi connectivity index (χ2v) is 4.27. The molecule has 0 radical (unpaired) electrons. The fourth-order valence-electron chi connectivity index (χ4n) is 1.85. The van der Waals surface area contributed by atoms with E-state index in [4.69, 9.17) is 4.84 Å². The van der Waals surface area contributed by atoms with Gasteiger partial charge in [0, 0.05) is 5.56 Å². The van der Waals surface area contributed by atoms with Crippen LogP contribution in [0.4, 0.5) is 8.78 Å². The van der Waals surface area contributed by atoms with Crippen molar-refractivity contribution in [3.05, 3.63) is 47.0 Å². The molecule has 1 aliphatic carbocycles. The van der Waals surface area contributed by atoms with E-state index in [0.29, 0.717) is 0 Å². The van der Waals surface area contributed by atoms with Crippen LogP contribution in [-0.4, -0.2) is 6.21 Å². The maximum absolute atomic E-state index is 13.2. The van der Waals surface area contributed by atoms with E-state index in [2.05, 4.69) is 11.2 Å². The zero-order valence-electron chi connectivity index (χ0n) is 10.0. The lowest BCUT2D eigenvalue weighted by Crippen LogP contribution is -1.96. The Morgan fingerprint density at radius 2 is 2.17 bits per heavy atom. The predicted octanol–water partition coefficient (Wildman–Crippen LogP) is 3.97. The number of hydrogen-bond acceptors (Lipinski definition) is 2. The number of halogens is 2. The highest BCUT2D eigenvalue weighted by molar-refractivity contribution is 5.78. The molecule has 4 heteroatoms. The van der Waals surface area contributed by atoms with Gasteiger partial charge in [-0.05, 0) is 49.5 Å². The summed E-state index contributed by atoms with van der Waals surface area (Å²) in [6.45, 7) is -0.0621. The summed E-state index contributed by atoms with van der Waals surface area (Å²) in [7, 11) is 0. The van der Waals surface area contributed by atoms with Crippen LogP contribution in [0.25, 0.3) is 0 Å². The summed E-state index contributed by atoms with van der Waals surface area (Å²) in [5.41, 5.74) is 1.31. The quantitative estimate of drug-likeness (QED) is 0.586. The second-order valence-electron chi connectivity index (χ2n) is 4.27. The molecule has 0 saturated carbocycles. The molecule has 0 spiro atoms. The number of oxime groups is 1. The number of rotatable bonds is 4. The Balaban J connectivity index is 1.86. The van der Waals surface area contributed by atoms with Crippen molar-refractivity contribution in [1.82, 2.24) is 0 Å². The van der Waals surface area contributed by atoms with Gasteiger partial charge in [-0.25, -0.2) is 8.78 Å². The second kappa shape index (κ2) is 6.28. The van der Waals surface area contributed by atoms with Gasteiger partial charge < -0.3 is 4.84 Å². The number of nitrogens with zero attached hydrogens (tertiary/aromatic N) is 1. The minimum absolute atomic E-state index is 0.0621. The summed E-state index contributed by atoms with van der Waals surface area (Å²) in [4.78, 5) is 4.98. The molecule has 0 heterocycles. The molecule has 0 aliphatic heterocycles. The predicted molar refractivity (Wildman–Crippen MR) is 66.2 cm³/mol. The summed E-state index contributed by atoms with van der Waals surface area (Å²) < 4.78 is 26.1. The monoisotopic (exact) mass is 251 g/mol. The summed E-state index contributed by atoms with van der Waals surface area (Å²) in [6, 6.07) is 3.28. The molecular formula is C14H15F2NO. The van der Waals surface area contributed by atoms with Crippen molar-refractivity contribution in [2.24, 2.45) is 5.16 Å². The fourth-order valence-corrected chi connectivity index (χ4v) is 1.85. The Labute approximate surface area is 105 Å². The summed E-state index contributed by atoms with van der Waals surface area (Å²) in [5, 5.41) is 3.78. The zero-order chi connectivity index (χ0) is 12.8.